The number of aryl methyl sites for hydroxylation is 2. The molecule has 0 saturated heterocycles. The third-order valence-electron chi connectivity index (χ3n) is 3.87. The molecule has 0 aliphatic rings. The highest BCUT2D eigenvalue weighted by Gasteiger charge is 2.03. The molecule has 1 aromatic carbocycles. The van der Waals surface area contributed by atoms with Crippen LogP contribution in [0.3, 0.4) is 0 Å². The molecular formula is C19H26IN5S. The van der Waals surface area contributed by atoms with E-state index >= 15 is 0 Å². The quantitative estimate of drug-likeness (QED) is 0.318. The summed E-state index contributed by atoms with van der Waals surface area (Å²) in [5.74, 6) is 0.836. The second-order valence-corrected chi connectivity index (χ2v) is 7.07. The summed E-state index contributed by atoms with van der Waals surface area (Å²) >= 11 is 1.64. The summed E-state index contributed by atoms with van der Waals surface area (Å²) < 4.78 is 2.04. The maximum atomic E-state index is 4.65. The lowest BCUT2D eigenvalue weighted by Crippen LogP contribution is -2.38. The van der Waals surface area contributed by atoms with Crippen molar-refractivity contribution >= 4 is 46.2 Å². The van der Waals surface area contributed by atoms with Crippen LogP contribution in [0.1, 0.15) is 29.3 Å². The van der Waals surface area contributed by atoms with Gasteiger partial charge in [0.15, 0.2) is 10.9 Å². The van der Waals surface area contributed by atoms with Gasteiger partial charge in [0.25, 0.3) is 0 Å². The minimum absolute atomic E-state index is 0. The minimum Gasteiger partial charge on any atom is -0.357 e. The van der Waals surface area contributed by atoms with Crippen molar-refractivity contribution in [2.75, 3.05) is 13.1 Å². The molecule has 0 saturated carbocycles. The average molecular weight is 483 g/mol. The Morgan fingerprint density at radius 3 is 2.65 bits per heavy atom. The molecule has 2 N–H and O–H groups in total. The SMILES string of the molecule is CCNC(=NCc1cn2ccsc2n1)NCCc1cc(C)cc(C)c1.I. The number of nitrogens with zero attached hydrogens (tertiary/aromatic N) is 3. The van der Waals surface area contributed by atoms with Crippen LogP contribution in [0.5, 0.6) is 0 Å². The van der Waals surface area contributed by atoms with Crippen molar-refractivity contribution < 1.29 is 0 Å². The number of aliphatic imine (C=N–C) groups is 1. The van der Waals surface area contributed by atoms with Gasteiger partial charge in [-0.2, -0.15) is 0 Å². The van der Waals surface area contributed by atoms with E-state index < -0.39 is 0 Å². The molecule has 2 aromatic heterocycles. The maximum absolute atomic E-state index is 4.65. The van der Waals surface area contributed by atoms with E-state index in [1.54, 1.807) is 11.3 Å². The van der Waals surface area contributed by atoms with E-state index in [2.05, 4.69) is 59.6 Å². The predicted molar refractivity (Wildman–Crippen MR) is 121 cm³/mol. The first kappa shape index (κ1) is 20.7. The van der Waals surface area contributed by atoms with Crippen LogP contribution >= 0.6 is 35.3 Å². The van der Waals surface area contributed by atoms with Gasteiger partial charge < -0.3 is 10.6 Å². The number of benzene rings is 1. The number of halogens is 1. The van der Waals surface area contributed by atoms with Gasteiger partial charge in [-0.1, -0.05) is 29.3 Å². The minimum atomic E-state index is 0. The number of guanidine groups is 1. The van der Waals surface area contributed by atoms with Crippen molar-refractivity contribution in [2.24, 2.45) is 4.99 Å². The number of fused-ring (bicyclic) bond motifs is 1. The van der Waals surface area contributed by atoms with Gasteiger partial charge >= 0.3 is 0 Å². The van der Waals surface area contributed by atoms with Crippen LogP contribution in [0, 0.1) is 13.8 Å². The van der Waals surface area contributed by atoms with Crippen LogP contribution in [0.4, 0.5) is 0 Å². The smallest absolute Gasteiger partial charge is 0.193 e. The Morgan fingerprint density at radius 1 is 1.19 bits per heavy atom. The number of hydrogen-bond acceptors (Lipinski definition) is 3. The monoisotopic (exact) mass is 483 g/mol. The lowest BCUT2D eigenvalue weighted by atomic mass is 10.1. The average Bonchev–Trinajstić information content (AvgIpc) is 3.13. The van der Waals surface area contributed by atoms with Crippen molar-refractivity contribution in [2.45, 2.75) is 33.7 Å². The fraction of sp³-hybridized carbons (Fsp3) is 0.368. The number of nitrogens with one attached hydrogen (secondary N) is 2. The van der Waals surface area contributed by atoms with E-state index in [-0.39, 0.29) is 24.0 Å². The first-order chi connectivity index (χ1) is 12.1. The van der Waals surface area contributed by atoms with Gasteiger partial charge in [0, 0.05) is 30.9 Å². The van der Waals surface area contributed by atoms with E-state index in [1.807, 2.05) is 22.2 Å². The summed E-state index contributed by atoms with van der Waals surface area (Å²) in [5.41, 5.74) is 4.97. The van der Waals surface area contributed by atoms with Crippen LogP contribution in [0.15, 0.2) is 41.0 Å². The van der Waals surface area contributed by atoms with E-state index in [4.69, 9.17) is 0 Å². The lowest BCUT2D eigenvalue weighted by molar-refractivity contribution is 0.797. The van der Waals surface area contributed by atoms with E-state index in [0.29, 0.717) is 6.54 Å². The van der Waals surface area contributed by atoms with Gasteiger partial charge in [0.2, 0.25) is 0 Å². The van der Waals surface area contributed by atoms with E-state index in [1.165, 1.54) is 16.7 Å². The molecule has 140 valence electrons. The summed E-state index contributed by atoms with van der Waals surface area (Å²) in [4.78, 5) is 10.2. The summed E-state index contributed by atoms with van der Waals surface area (Å²) in [7, 11) is 0. The van der Waals surface area contributed by atoms with Gasteiger partial charge in [0.05, 0.1) is 12.2 Å². The Morgan fingerprint density at radius 2 is 1.96 bits per heavy atom. The van der Waals surface area contributed by atoms with Crippen molar-refractivity contribution in [3.63, 3.8) is 0 Å². The Hall–Kier alpha value is -1.61. The number of aromatic nitrogens is 2. The molecule has 3 aromatic rings. The van der Waals surface area contributed by atoms with Gasteiger partial charge in [-0.3, -0.25) is 4.40 Å². The van der Waals surface area contributed by atoms with Crippen molar-refractivity contribution in [3.8, 4) is 0 Å². The maximum Gasteiger partial charge on any atom is 0.193 e. The Kier molecular flexibility index (Phi) is 7.89. The third-order valence-corrected chi connectivity index (χ3v) is 4.64. The highest BCUT2D eigenvalue weighted by atomic mass is 127. The van der Waals surface area contributed by atoms with E-state index in [9.17, 15) is 0 Å². The Balaban J connectivity index is 0.00000243. The first-order valence-corrected chi connectivity index (χ1v) is 9.52. The molecule has 0 fully saturated rings. The van der Waals surface area contributed by atoms with Gasteiger partial charge in [-0.05, 0) is 32.8 Å². The first-order valence-electron chi connectivity index (χ1n) is 8.64. The molecular weight excluding hydrogens is 457 g/mol. The molecule has 5 nitrogen and oxygen atoms in total. The molecule has 0 aliphatic heterocycles. The highest BCUT2D eigenvalue weighted by molar-refractivity contribution is 14.0. The number of rotatable bonds is 6. The van der Waals surface area contributed by atoms with Crippen LogP contribution in [0.2, 0.25) is 0 Å². The topological polar surface area (TPSA) is 53.7 Å². The fourth-order valence-electron chi connectivity index (χ4n) is 2.89. The zero-order valence-electron chi connectivity index (χ0n) is 15.5. The second kappa shape index (κ2) is 9.91. The standard InChI is InChI=1S/C19H25N5S.HI/c1-4-20-18(21-6-5-16-10-14(2)9-15(3)11-16)22-12-17-13-24-7-8-25-19(24)23-17;/h7-11,13H,4-6,12H2,1-3H3,(H2,20,21,22);1H. The van der Waals surface area contributed by atoms with Crippen LogP contribution in [-0.4, -0.2) is 28.4 Å². The van der Waals surface area contributed by atoms with Crippen LogP contribution in [0.25, 0.3) is 4.96 Å². The van der Waals surface area contributed by atoms with Crippen molar-refractivity contribution in [3.05, 3.63) is 58.4 Å². The zero-order chi connectivity index (χ0) is 17.6. The number of thiazole rings is 1. The van der Waals surface area contributed by atoms with Crippen LogP contribution in [-0.2, 0) is 13.0 Å². The molecule has 0 aliphatic carbocycles. The fourth-order valence-corrected chi connectivity index (χ4v) is 3.61. The highest BCUT2D eigenvalue weighted by Crippen LogP contribution is 2.12. The normalized spacial score (nSPS) is 11.4. The molecule has 26 heavy (non-hydrogen) atoms. The number of imidazole rings is 1. The lowest BCUT2D eigenvalue weighted by Gasteiger charge is -2.11. The summed E-state index contributed by atoms with van der Waals surface area (Å²) in [6.07, 6.45) is 5.04. The summed E-state index contributed by atoms with van der Waals surface area (Å²) in [5, 5.41) is 8.74. The van der Waals surface area contributed by atoms with Gasteiger partial charge in [-0.15, -0.1) is 35.3 Å². The molecule has 0 amide bonds. The molecule has 0 spiro atoms. The Bertz CT molecular complexity index is 819. The van der Waals surface area contributed by atoms with Gasteiger partial charge in [-0.25, -0.2) is 9.98 Å². The van der Waals surface area contributed by atoms with E-state index in [0.717, 1.165) is 36.1 Å². The molecule has 7 heteroatoms. The predicted octanol–water partition coefficient (Wildman–Crippen LogP) is 3.93. The summed E-state index contributed by atoms with van der Waals surface area (Å²) in [6, 6.07) is 6.70. The molecule has 0 atom stereocenters. The van der Waals surface area contributed by atoms with Crippen LogP contribution < -0.4 is 10.6 Å². The van der Waals surface area contributed by atoms with Gasteiger partial charge in [0.1, 0.15) is 0 Å². The molecule has 0 bridgehead atoms. The molecule has 2 heterocycles. The largest absolute Gasteiger partial charge is 0.357 e. The van der Waals surface area contributed by atoms with Crippen molar-refractivity contribution in [1.82, 2.24) is 20.0 Å². The third kappa shape index (κ3) is 5.70. The second-order valence-electron chi connectivity index (χ2n) is 6.19. The molecule has 0 radical (unpaired) electrons. The molecule has 3 rings (SSSR count). The van der Waals surface area contributed by atoms with Crippen molar-refractivity contribution in [1.29, 1.82) is 0 Å². The zero-order valence-corrected chi connectivity index (χ0v) is 18.6. The summed E-state index contributed by atoms with van der Waals surface area (Å²) in [6.45, 7) is 8.64. The number of hydrogen-bond donors (Lipinski definition) is 2. The molecule has 0 unspecified atom stereocenters. The Labute approximate surface area is 176 Å².